The van der Waals surface area contributed by atoms with Crippen molar-refractivity contribution in [1.29, 1.82) is 0 Å². The van der Waals surface area contributed by atoms with E-state index in [0.29, 0.717) is 16.6 Å². The second-order valence-electron chi connectivity index (χ2n) is 6.56. The summed E-state index contributed by atoms with van der Waals surface area (Å²) in [4.78, 5) is 0. The molecule has 5 heteroatoms. The predicted molar refractivity (Wildman–Crippen MR) is 98.9 cm³/mol. The molecule has 0 fully saturated rings. The Hall–Kier alpha value is -0.683. The highest BCUT2D eigenvalue weighted by atomic mass is 79.9. The lowest BCUT2D eigenvalue weighted by Gasteiger charge is -2.42. The number of ether oxygens (including phenoxy) is 2. The van der Waals surface area contributed by atoms with Crippen LogP contribution in [0.15, 0.2) is 16.6 Å². The molecule has 0 unspecified atom stereocenters. The van der Waals surface area contributed by atoms with E-state index in [1.807, 2.05) is 12.1 Å². The number of hydrogen-bond acceptors (Lipinski definition) is 3. The minimum absolute atomic E-state index is 0.506. The van der Waals surface area contributed by atoms with Gasteiger partial charge in [0.2, 0.25) is 0 Å². The molecule has 0 spiro atoms. The van der Waals surface area contributed by atoms with Crippen LogP contribution in [0.25, 0.3) is 0 Å². The summed E-state index contributed by atoms with van der Waals surface area (Å²) < 4.78 is 18.5. The molecular formula is C17H29BrO3Si. The molecule has 0 radical (unpaired) electrons. The number of halogens is 1. The third kappa shape index (κ3) is 3.62. The molecule has 0 bridgehead atoms. The van der Waals surface area contributed by atoms with E-state index >= 15 is 0 Å². The fourth-order valence-electron chi connectivity index (χ4n) is 3.46. The highest BCUT2D eigenvalue weighted by Crippen LogP contribution is 2.46. The van der Waals surface area contributed by atoms with Crippen LogP contribution >= 0.6 is 15.9 Å². The first kappa shape index (κ1) is 19.4. The standard InChI is InChI=1S/C17H29BrO3Si/c1-11(2)22(12(3)4,13(5)6)21-17-10-15(19-7)14(18)9-16(17)20-8/h9-13H,1-8H3. The number of hydrogen-bond donors (Lipinski definition) is 0. The summed E-state index contributed by atoms with van der Waals surface area (Å²) in [6.45, 7) is 13.6. The van der Waals surface area contributed by atoms with E-state index < -0.39 is 8.32 Å². The lowest BCUT2D eigenvalue weighted by Crippen LogP contribution is -2.50. The molecule has 1 aromatic rings. The van der Waals surface area contributed by atoms with Crippen molar-refractivity contribution in [2.75, 3.05) is 14.2 Å². The maximum Gasteiger partial charge on any atom is 0.258 e. The normalized spacial score (nSPS) is 12.2. The highest BCUT2D eigenvalue weighted by Gasteiger charge is 2.47. The van der Waals surface area contributed by atoms with Gasteiger partial charge in [0, 0.05) is 12.1 Å². The lowest BCUT2D eigenvalue weighted by atomic mass is 10.3. The quantitative estimate of drug-likeness (QED) is 0.534. The second kappa shape index (κ2) is 7.73. The first-order valence-electron chi connectivity index (χ1n) is 7.81. The summed E-state index contributed by atoms with van der Waals surface area (Å²) in [6, 6.07) is 3.84. The first-order chi connectivity index (χ1) is 10.2. The van der Waals surface area contributed by atoms with Gasteiger partial charge in [-0.05, 0) is 32.6 Å². The van der Waals surface area contributed by atoms with Gasteiger partial charge >= 0.3 is 0 Å². The van der Waals surface area contributed by atoms with Gasteiger partial charge < -0.3 is 13.9 Å². The molecule has 0 aliphatic heterocycles. The Kier molecular flexibility index (Phi) is 6.80. The topological polar surface area (TPSA) is 27.7 Å². The van der Waals surface area contributed by atoms with Crippen LogP contribution in [0.4, 0.5) is 0 Å². The summed E-state index contributed by atoms with van der Waals surface area (Å²) in [7, 11) is 1.31. The third-order valence-electron chi connectivity index (χ3n) is 4.43. The van der Waals surface area contributed by atoms with E-state index in [1.165, 1.54) is 0 Å². The highest BCUT2D eigenvalue weighted by molar-refractivity contribution is 9.10. The zero-order valence-electron chi connectivity index (χ0n) is 15.0. The molecule has 0 aliphatic carbocycles. The van der Waals surface area contributed by atoms with Gasteiger partial charge in [-0.2, -0.15) is 0 Å². The van der Waals surface area contributed by atoms with E-state index in [9.17, 15) is 0 Å². The molecule has 0 amide bonds. The summed E-state index contributed by atoms with van der Waals surface area (Å²) in [6.07, 6.45) is 0. The summed E-state index contributed by atoms with van der Waals surface area (Å²) in [5.74, 6) is 2.28. The minimum atomic E-state index is -2.02. The van der Waals surface area contributed by atoms with Crippen LogP contribution in [0.5, 0.6) is 17.2 Å². The van der Waals surface area contributed by atoms with Crippen LogP contribution in [0, 0.1) is 0 Å². The van der Waals surface area contributed by atoms with E-state index in [0.717, 1.165) is 21.7 Å². The van der Waals surface area contributed by atoms with Gasteiger partial charge in [0.25, 0.3) is 8.32 Å². The Balaban J connectivity index is 3.40. The fourth-order valence-corrected chi connectivity index (χ4v) is 9.19. The second-order valence-corrected chi connectivity index (χ2v) is 12.8. The number of benzene rings is 1. The fraction of sp³-hybridized carbons (Fsp3) is 0.647. The molecular weight excluding hydrogens is 360 g/mol. The van der Waals surface area contributed by atoms with Crippen molar-refractivity contribution in [3.8, 4) is 17.2 Å². The van der Waals surface area contributed by atoms with Gasteiger partial charge in [-0.25, -0.2) is 0 Å². The Morgan fingerprint density at radius 2 is 1.23 bits per heavy atom. The van der Waals surface area contributed by atoms with Gasteiger partial charge in [-0.15, -0.1) is 0 Å². The molecule has 126 valence electrons. The molecule has 0 atom stereocenters. The average Bonchev–Trinajstić information content (AvgIpc) is 2.44. The lowest BCUT2D eigenvalue weighted by molar-refractivity contribution is 0.373. The average molecular weight is 389 g/mol. The van der Waals surface area contributed by atoms with E-state index in [-0.39, 0.29) is 0 Å². The van der Waals surface area contributed by atoms with Crippen molar-refractivity contribution >= 4 is 24.2 Å². The Morgan fingerprint density at radius 1 is 0.773 bits per heavy atom. The molecule has 0 aromatic heterocycles. The molecule has 0 saturated carbocycles. The zero-order valence-corrected chi connectivity index (χ0v) is 17.6. The van der Waals surface area contributed by atoms with Gasteiger partial charge in [0.15, 0.2) is 5.75 Å². The molecule has 0 heterocycles. The predicted octanol–water partition coefficient (Wildman–Crippen LogP) is 6.02. The van der Waals surface area contributed by atoms with Gasteiger partial charge in [0.1, 0.15) is 11.5 Å². The zero-order chi connectivity index (χ0) is 17.1. The van der Waals surface area contributed by atoms with Crippen molar-refractivity contribution in [2.24, 2.45) is 0 Å². The van der Waals surface area contributed by atoms with Crippen LogP contribution in [-0.2, 0) is 0 Å². The monoisotopic (exact) mass is 388 g/mol. The molecule has 1 aromatic carbocycles. The SMILES string of the molecule is COc1cc(O[Si](C(C)C)(C(C)C)C(C)C)c(OC)cc1Br. The molecule has 0 aliphatic rings. The van der Waals surface area contributed by atoms with Gasteiger partial charge in [0.05, 0.1) is 18.7 Å². The summed E-state index contributed by atoms with van der Waals surface area (Å²) in [5, 5.41) is 0. The maximum absolute atomic E-state index is 6.72. The van der Waals surface area contributed by atoms with Gasteiger partial charge in [-0.3, -0.25) is 0 Å². The first-order valence-corrected chi connectivity index (χ1v) is 10.7. The van der Waals surface area contributed by atoms with Crippen LogP contribution in [0.2, 0.25) is 16.6 Å². The van der Waals surface area contributed by atoms with E-state index in [2.05, 4.69) is 57.5 Å². The molecule has 22 heavy (non-hydrogen) atoms. The maximum atomic E-state index is 6.72. The largest absolute Gasteiger partial charge is 0.540 e. The van der Waals surface area contributed by atoms with Crippen LogP contribution in [-0.4, -0.2) is 22.5 Å². The number of rotatable bonds is 7. The van der Waals surface area contributed by atoms with Crippen LogP contribution < -0.4 is 13.9 Å². The third-order valence-corrected chi connectivity index (χ3v) is 11.0. The van der Waals surface area contributed by atoms with Crippen LogP contribution in [0.1, 0.15) is 41.5 Å². The molecule has 0 saturated heterocycles. The van der Waals surface area contributed by atoms with Gasteiger partial charge in [-0.1, -0.05) is 41.5 Å². The van der Waals surface area contributed by atoms with Crippen molar-refractivity contribution in [1.82, 2.24) is 0 Å². The van der Waals surface area contributed by atoms with E-state index in [4.69, 9.17) is 13.9 Å². The summed E-state index contributed by atoms with van der Waals surface area (Å²) >= 11 is 3.50. The smallest absolute Gasteiger partial charge is 0.258 e. The Bertz CT molecular complexity index is 479. The van der Waals surface area contributed by atoms with Crippen LogP contribution in [0.3, 0.4) is 0 Å². The summed E-state index contributed by atoms with van der Waals surface area (Å²) in [5.41, 5.74) is 1.52. The Labute approximate surface area is 144 Å². The number of methoxy groups -OCH3 is 2. The van der Waals surface area contributed by atoms with E-state index in [1.54, 1.807) is 14.2 Å². The Morgan fingerprint density at radius 3 is 1.59 bits per heavy atom. The van der Waals surface area contributed by atoms with Crippen molar-refractivity contribution in [2.45, 2.75) is 58.2 Å². The minimum Gasteiger partial charge on any atom is -0.540 e. The molecule has 0 N–H and O–H groups in total. The molecule has 1 rings (SSSR count). The molecule has 3 nitrogen and oxygen atoms in total. The van der Waals surface area contributed by atoms with Crippen molar-refractivity contribution in [3.05, 3.63) is 16.6 Å². The van der Waals surface area contributed by atoms with Crippen molar-refractivity contribution in [3.63, 3.8) is 0 Å². The van der Waals surface area contributed by atoms with Crippen molar-refractivity contribution < 1.29 is 13.9 Å².